The molecule has 3 heterocycles. The second-order valence-electron chi connectivity index (χ2n) is 6.02. The van der Waals surface area contributed by atoms with E-state index in [-0.39, 0.29) is 23.3 Å². The minimum absolute atomic E-state index is 0.0186. The number of azo groups is 1. The van der Waals surface area contributed by atoms with Crippen LogP contribution in [0.3, 0.4) is 0 Å². The smallest absolute Gasteiger partial charge is 0.222 e. The molecule has 0 saturated heterocycles. The Hall–Kier alpha value is -3.73. The van der Waals surface area contributed by atoms with Gasteiger partial charge in [-0.05, 0) is 24.5 Å². The van der Waals surface area contributed by atoms with Crippen LogP contribution in [0.5, 0.6) is 5.75 Å². The van der Waals surface area contributed by atoms with Crippen molar-refractivity contribution in [2.24, 2.45) is 10.2 Å². The first-order chi connectivity index (χ1) is 14.1. The number of hydrogen-bond acceptors (Lipinski definition) is 10. The summed E-state index contributed by atoms with van der Waals surface area (Å²) < 4.78 is 4.22. The number of aromatic hydroxyl groups is 1. The average molecular weight is 408 g/mol. The Morgan fingerprint density at radius 2 is 2.14 bits per heavy atom. The lowest BCUT2D eigenvalue weighted by molar-refractivity contribution is -0.114. The number of aromatic nitrogens is 4. The molecule has 1 aromatic carbocycles. The molecular weight excluding hydrogens is 392 g/mol. The SMILES string of the molecule is CCNc1cccc2c(O)c(NC(C)=O)nc(/N=N/c3snc4ncncc34)c12. The average Bonchev–Trinajstić information content (AvgIpc) is 3.12. The number of benzene rings is 1. The molecule has 0 atom stereocenters. The Balaban J connectivity index is 1.91. The van der Waals surface area contributed by atoms with Gasteiger partial charge in [-0.15, -0.1) is 10.2 Å². The number of hydrogen-bond donors (Lipinski definition) is 3. The minimum Gasteiger partial charge on any atom is -0.504 e. The van der Waals surface area contributed by atoms with E-state index in [9.17, 15) is 9.90 Å². The molecule has 0 unspecified atom stereocenters. The Morgan fingerprint density at radius 3 is 2.93 bits per heavy atom. The van der Waals surface area contributed by atoms with Crippen LogP contribution in [-0.4, -0.2) is 36.9 Å². The second kappa shape index (κ2) is 7.72. The number of carbonyl (C=O) groups excluding carboxylic acids is 1. The van der Waals surface area contributed by atoms with Crippen LogP contribution in [0.2, 0.25) is 0 Å². The molecule has 3 N–H and O–H groups in total. The molecule has 0 saturated carbocycles. The van der Waals surface area contributed by atoms with Gasteiger partial charge in [-0.2, -0.15) is 4.37 Å². The maximum atomic E-state index is 11.5. The number of pyridine rings is 1. The lowest BCUT2D eigenvalue weighted by Crippen LogP contribution is -2.08. The normalized spacial score (nSPS) is 11.4. The molecule has 0 aliphatic rings. The van der Waals surface area contributed by atoms with Crippen molar-refractivity contribution in [3.8, 4) is 5.75 Å². The highest BCUT2D eigenvalue weighted by Gasteiger charge is 2.17. The van der Waals surface area contributed by atoms with Gasteiger partial charge in [-0.3, -0.25) is 4.79 Å². The molecule has 0 radical (unpaired) electrons. The molecule has 0 aliphatic carbocycles. The molecule has 29 heavy (non-hydrogen) atoms. The third kappa shape index (κ3) is 3.55. The summed E-state index contributed by atoms with van der Waals surface area (Å²) in [6.45, 7) is 3.97. The second-order valence-corrected chi connectivity index (χ2v) is 6.77. The first kappa shape index (κ1) is 18.6. The summed E-state index contributed by atoms with van der Waals surface area (Å²) in [5.74, 6) is -0.226. The van der Waals surface area contributed by atoms with Crippen LogP contribution in [0.25, 0.3) is 21.8 Å². The summed E-state index contributed by atoms with van der Waals surface area (Å²) in [6.07, 6.45) is 3.04. The van der Waals surface area contributed by atoms with Gasteiger partial charge >= 0.3 is 0 Å². The predicted octanol–water partition coefficient (Wildman–Crippen LogP) is 4.15. The van der Waals surface area contributed by atoms with Gasteiger partial charge < -0.3 is 15.7 Å². The standard InChI is InChI=1S/C18H16N8O2S/c1-3-20-12-6-4-5-10-13(12)16(23-17(14(10)28)22-9(2)27)24-25-18-11-7-19-8-21-15(11)26-29-18/h4-8,20,28H,3H2,1-2H3,(H,22,23,27)/b25-24+. The Kier molecular flexibility index (Phi) is 4.96. The van der Waals surface area contributed by atoms with Gasteiger partial charge in [-0.25, -0.2) is 15.0 Å². The molecule has 1 amide bonds. The van der Waals surface area contributed by atoms with E-state index in [0.717, 1.165) is 17.2 Å². The molecule has 0 bridgehead atoms. The third-order valence-corrected chi connectivity index (χ3v) is 4.76. The molecule has 0 aliphatic heterocycles. The molecular formula is C18H16N8O2S. The van der Waals surface area contributed by atoms with Gasteiger partial charge in [0.15, 0.2) is 28.0 Å². The Bertz CT molecular complexity index is 1250. The number of anilines is 2. The van der Waals surface area contributed by atoms with Gasteiger partial charge in [0, 0.05) is 30.7 Å². The number of nitrogens with zero attached hydrogens (tertiary/aromatic N) is 6. The fraction of sp³-hybridized carbons (Fsp3) is 0.167. The van der Waals surface area contributed by atoms with Crippen LogP contribution in [0.15, 0.2) is 41.0 Å². The van der Waals surface area contributed by atoms with E-state index in [1.54, 1.807) is 18.3 Å². The zero-order chi connectivity index (χ0) is 20.4. The van der Waals surface area contributed by atoms with Gasteiger partial charge in [0.05, 0.1) is 10.8 Å². The van der Waals surface area contributed by atoms with Gasteiger partial charge in [0.2, 0.25) is 5.91 Å². The van der Waals surface area contributed by atoms with Crippen molar-refractivity contribution >= 4 is 61.6 Å². The fourth-order valence-corrected chi connectivity index (χ4v) is 3.48. The fourth-order valence-electron chi connectivity index (χ4n) is 2.84. The van der Waals surface area contributed by atoms with E-state index >= 15 is 0 Å². The lowest BCUT2D eigenvalue weighted by atomic mass is 10.1. The molecule has 0 fully saturated rings. The van der Waals surface area contributed by atoms with E-state index in [4.69, 9.17) is 0 Å². The van der Waals surface area contributed by atoms with E-state index in [2.05, 4.69) is 40.2 Å². The van der Waals surface area contributed by atoms with Gasteiger partial charge in [-0.1, -0.05) is 12.1 Å². The number of amides is 1. The molecule has 146 valence electrons. The number of nitrogens with one attached hydrogen (secondary N) is 2. The van der Waals surface area contributed by atoms with E-state index in [1.165, 1.54) is 13.3 Å². The van der Waals surface area contributed by atoms with Crippen LogP contribution in [0.1, 0.15) is 13.8 Å². The maximum absolute atomic E-state index is 11.5. The van der Waals surface area contributed by atoms with Crippen molar-refractivity contribution in [1.82, 2.24) is 19.3 Å². The highest BCUT2D eigenvalue weighted by atomic mass is 32.1. The predicted molar refractivity (Wildman–Crippen MR) is 111 cm³/mol. The van der Waals surface area contributed by atoms with Crippen LogP contribution in [0.4, 0.5) is 22.3 Å². The first-order valence-electron chi connectivity index (χ1n) is 8.72. The third-order valence-electron chi connectivity index (χ3n) is 4.02. The largest absolute Gasteiger partial charge is 0.504 e. The maximum Gasteiger partial charge on any atom is 0.222 e. The lowest BCUT2D eigenvalue weighted by Gasteiger charge is -2.13. The van der Waals surface area contributed by atoms with Crippen molar-refractivity contribution in [3.05, 3.63) is 30.7 Å². The molecule has 4 rings (SSSR count). The summed E-state index contributed by atoms with van der Waals surface area (Å²) in [6, 6.07) is 5.39. The monoisotopic (exact) mass is 408 g/mol. The highest BCUT2D eigenvalue weighted by Crippen LogP contribution is 2.41. The molecule has 10 nitrogen and oxygen atoms in total. The zero-order valence-corrected chi connectivity index (χ0v) is 16.4. The molecule has 3 aromatic heterocycles. The van der Waals surface area contributed by atoms with Crippen molar-refractivity contribution < 1.29 is 9.90 Å². The summed E-state index contributed by atoms with van der Waals surface area (Å²) in [7, 11) is 0. The number of carbonyl (C=O) groups is 1. The summed E-state index contributed by atoms with van der Waals surface area (Å²) in [5.41, 5.74) is 1.28. The van der Waals surface area contributed by atoms with E-state index < -0.39 is 0 Å². The van der Waals surface area contributed by atoms with Gasteiger partial charge in [0.25, 0.3) is 0 Å². The highest BCUT2D eigenvalue weighted by molar-refractivity contribution is 7.11. The number of fused-ring (bicyclic) bond motifs is 2. The van der Waals surface area contributed by atoms with Gasteiger partial charge in [0.1, 0.15) is 6.33 Å². The van der Waals surface area contributed by atoms with Crippen LogP contribution in [0, 0.1) is 0 Å². The van der Waals surface area contributed by atoms with Crippen molar-refractivity contribution in [2.45, 2.75) is 13.8 Å². The summed E-state index contributed by atoms with van der Waals surface area (Å²) in [4.78, 5) is 23.9. The van der Waals surface area contributed by atoms with Crippen LogP contribution < -0.4 is 10.6 Å². The van der Waals surface area contributed by atoms with Crippen molar-refractivity contribution in [3.63, 3.8) is 0 Å². The Morgan fingerprint density at radius 1 is 1.28 bits per heavy atom. The Labute approximate surface area is 168 Å². The molecule has 11 heteroatoms. The van der Waals surface area contributed by atoms with Crippen LogP contribution >= 0.6 is 11.5 Å². The zero-order valence-electron chi connectivity index (χ0n) is 15.5. The minimum atomic E-state index is -0.358. The van der Waals surface area contributed by atoms with Crippen LogP contribution in [-0.2, 0) is 4.79 Å². The van der Waals surface area contributed by atoms with Crippen molar-refractivity contribution in [1.29, 1.82) is 0 Å². The van der Waals surface area contributed by atoms with Crippen molar-refractivity contribution in [2.75, 3.05) is 17.2 Å². The topological polar surface area (TPSA) is 138 Å². The summed E-state index contributed by atoms with van der Waals surface area (Å²) in [5, 5.41) is 27.3. The van der Waals surface area contributed by atoms with E-state index in [1.807, 2.05) is 13.0 Å². The molecule has 4 aromatic rings. The number of rotatable bonds is 5. The summed E-state index contributed by atoms with van der Waals surface area (Å²) >= 11 is 1.14. The molecule has 0 spiro atoms. The first-order valence-corrected chi connectivity index (χ1v) is 9.50. The quantitative estimate of drug-likeness (QED) is 0.422. The van der Waals surface area contributed by atoms with E-state index in [0.29, 0.717) is 33.4 Å².